The second-order valence-corrected chi connectivity index (χ2v) is 6.79. The van der Waals surface area contributed by atoms with E-state index in [9.17, 15) is 4.39 Å². The first-order valence-electron chi connectivity index (χ1n) is 6.66. The fraction of sp³-hybridized carbons (Fsp3) is 0.111. The van der Waals surface area contributed by atoms with Gasteiger partial charge in [0.15, 0.2) is 0 Å². The van der Waals surface area contributed by atoms with E-state index in [1.807, 2.05) is 18.2 Å². The van der Waals surface area contributed by atoms with Crippen LogP contribution < -0.4 is 0 Å². The van der Waals surface area contributed by atoms with Crippen molar-refractivity contribution in [2.24, 2.45) is 0 Å². The van der Waals surface area contributed by atoms with Crippen molar-refractivity contribution in [3.05, 3.63) is 81.6 Å². The lowest BCUT2D eigenvalue weighted by Crippen LogP contribution is -2.01. The van der Waals surface area contributed by atoms with Crippen LogP contribution in [-0.2, 0) is 0 Å². The summed E-state index contributed by atoms with van der Waals surface area (Å²) < 4.78 is 15.0. The molecule has 0 N–H and O–H groups in total. The van der Waals surface area contributed by atoms with Crippen molar-refractivity contribution in [3.63, 3.8) is 0 Å². The van der Waals surface area contributed by atoms with Gasteiger partial charge in [0.2, 0.25) is 0 Å². The lowest BCUT2D eigenvalue weighted by molar-refractivity contribution is 0.612. The molecule has 106 valence electrons. The first-order valence-corrected chi connectivity index (χ1v) is 8.36. The van der Waals surface area contributed by atoms with E-state index in [4.69, 9.17) is 0 Å². The van der Waals surface area contributed by atoms with E-state index in [-0.39, 0.29) is 10.6 Å². The summed E-state index contributed by atoms with van der Waals surface area (Å²) in [7, 11) is 0. The first kappa shape index (κ1) is 14.7. The number of alkyl halides is 1. The Morgan fingerprint density at radius 1 is 0.905 bits per heavy atom. The Morgan fingerprint density at radius 3 is 2.43 bits per heavy atom. The monoisotopic (exact) mass is 406 g/mol. The summed E-state index contributed by atoms with van der Waals surface area (Å²) in [6.07, 6.45) is 0. The van der Waals surface area contributed by atoms with Gasteiger partial charge in [0.25, 0.3) is 0 Å². The Labute approximate surface area is 140 Å². The second-order valence-electron chi connectivity index (χ2n) is 5.02. The third kappa shape index (κ3) is 2.65. The normalized spacial score (nSPS) is 12.6. The minimum atomic E-state index is -0.210. The molecule has 3 aromatic rings. The van der Waals surface area contributed by atoms with Gasteiger partial charge in [-0.2, -0.15) is 0 Å². The van der Waals surface area contributed by atoms with E-state index >= 15 is 0 Å². The number of benzene rings is 3. The lowest BCUT2D eigenvalue weighted by atomic mass is 9.94. The molecule has 1 atom stereocenters. The Hall–Kier alpha value is -1.19. The van der Waals surface area contributed by atoms with Crippen LogP contribution in [0.1, 0.15) is 21.5 Å². The number of fused-ring (bicyclic) bond motifs is 1. The summed E-state index contributed by atoms with van der Waals surface area (Å²) in [6, 6.07) is 17.5. The molecule has 3 aromatic carbocycles. The highest BCUT2D eigenvalue weighted by Crippen LogP contribution is 2.41. The van der Waals surface area contributed by atoms with Crippen LogP contribution >= 0.6 is 31.9 Å². The average molecular weight is 408 g/mol. The van der Waals surface area contributed by atoms with Crippen molar-refractivity contribution in [1.29, 1.82) is 0 Å². The molecule has 0 bridgehead atoms. The first-order chi connectivity index (χ1) is 10.1. The summed E-state index contributed by atoms with van der Waals surface area (Å²) >= 11 is 7.16. The van der Waals surface area contributed by atoms with Gasteiger partial charge in [-0.1, -0.05) is 74.3 Å². The van der Waals surface area contributed by atoms with Gasteiger partial charge in [0, 0.05) is 10.0 Å². The molecular weight excluding hydrogens is 395 g/mol. The van der Waals surface area contributed by atoms with Crippen molar-refractivity contribution in [2.45, 2.75) is 11.8 Å². The minimum Gasteiger partial charge on any atom is -0.207 e. The van der Waals surface area contributed by atoms with Gasteiger partial charge in [-0.25, -0.2) is 4.39 Å². The molecule has 0 amide bonds. The van der Waals surface area contributed by atoms with Crippen LogP contribution in [0.25, 0.3) is 10.8 Å². The minimum absolute atomic E-state index is 0.195. The number of hydrogen-bond acceptors (Lipinski definition) is 0. The van der Waals surface area contributed by atoms with E-state index in [2.05, 4.69) is 63.0 Å². The van der Waals surface area contributed by atoms with Crippen LogP contribution in [-0.4, -0.2) is 0 Å². The van der Waals surface area contributed by atoms with Crippen LogP contribution in [0, 0.1) is 12.7 Å². The van der Waals surface area contributed by atoms with Crippen molar-refractivity contribution >= 4 is 42.6 Å². The molecule has 0 fully saturated rings. The predicted octanol–water partition coefficient (Wildman–Crippen LogP) is 6.53. The SMILES string of the molecule is Cc1ccc2ccccc2c1C(Br)c1c(F)cccc1Br. The maximum absolute atomic E-state index is 14.3. The largest absolute Gasteiger partial charge is 0.207 e. The predicted molar refractivity (Wildman–Crippen MR) is 93.6 cm³/mol. The molecule has 1 unspecified atom stereocenters. The molecule has 3 rings (SSSR count). The molecule has 0 aliphatic rings. The van der Waals surface area contributed by atoms with Crippen LogP contribution in [0.4, 0.5) is 4.39 Å². The number of hydrogen-bond donors (Lipinski definition) is 0. The van der Waals surface area contributed by atoms with E-state index < -0.39 is 0 Å². The third-order valence-corrected chi connectivity index (χ3v) is 5.30. The van der Waals surface area contributed by atoms with Crippen LogP contribution in [0.5, 0.6) is 0 Å². The highest BCUT2D eigenvalue weighted by Gasteiger charge is 2.21. The fourth-order valence-corrected chi connectivity index (χ4v) is 4.59. The Morgan fingerprint density at radius 2 is 1.67 bits per heavy atom. The molecule has 0 aliphatic carbocycles. The Balaban J connectivity index is 2.27. The third-order valence-electron chi connectivity index (χ3n) is 3.70. The zero-order chi connectivity index (χ0) is 15.0. The molecular formula is C18H13Br2F. The van der Waals surface area contributed by atoms with Gasteiger partial charge in [0.05, 0.1) is 4.83 Å². The van der Waals surface area contributed by atoms with Gasteiger partial charge < -0.3 is 0 Å². The average Bonchev–Trinajstić information content (AvgIpc) is 2.46. The zero-order valence-electron chi connectivity index (χ0n) is 11.4. The van der Waals surface area contributed by atoms with Crippen molar-refractivity contribution in [1.82, 2.24) is 0 Å². The topological polar surface area (TPSA) is 0 Å². The van der Waals surface area contributed by atoms with E-state index in [0.29, 0.717) is 5.56 Å². The van der Waals surface area contributed by atoms with Gasteiger partial charge in [-0.05, 0) is 41.0 Å². The van der Waals surface area contributed by atoms with Crippen molar-refractivity contribution in [2.75, 3.05) is 0 Å². The molecule has 0 aromatic heterocycles. The Bertz CT molecular complexity index is 791. The number of rotatable bonds is 2. The lowest BCUT2D eigenvalue weighted by Gasteiger charge is -2.18. The molecule has 0 spiro atoms. The van der Waals surface area contributed by atoms with Gasteiger partial charge in [0.1, 0.15) is 5.82 Å². The summed E-state index contributed by atoms with van der Waals surface area (Å²) in [5.74, 6) is -0.210. The fourth-order valence-electron chi connectivity index (χ4n) is 2.64. The van der Waals surface area contributed by atoms with Gasteiger partial charge in [-0.3, -0.25) is 0 Å². The molecule has 0 saturated heterocycles. The summed E-state index contributed by atoms with van der Waals surface area (Å²) in [5, 5.41) is 2.31. The Kier molecular flexibility index (Phi) is 4.14. The van der Waals surface area contributed by atoms with Crippen molar-refractivity contribution < 1.29 is 4.39 Å². The summed E-state index contributed by atoms with van der Waals surface area (Å²) in [5.41, 5.74) is 2.89. The van der Waals surface area contributed by atoms with E-state index in [0.717, 1.165) is 26.4 Å². The quantitative estimate of drug-likeness (QED) is 0.423. The van der Waals surface area contributed by atoms with Gasteiger partial charge >= 0.3 is 0 Å². The molecule has 0 saturated carbocycles. The van der Waals surface area contributed by atoms with Crippen molar-refractivity contribution in [3.8, 4) is 0 Å². The highest BCUT2D eigenvalue weighted by atomic mass is 79.9. The molecule has 3 heteroatoms. The number of aryl methyl sites for hydroxylation is 1. The van der Waals surface area contributed by atoms with Crippen LogP contribution in [0.3, 0.4) is 0 Å². The van der Waals surface area contributed by atoms with E-state index in [1.165, 1.54) is 6.07 Å². The second kappa shape index (κ2) is 5.90. The molecule has 21 heavy (non-hydrogen) atoms. The van der Waals surface area contributed by atoms with Crippen LogP contribution in [0.15, 0.2) is 59.1 Å². The smallest absolute Gasteiger partial charge is 0.129 e. The molecule has 0 nitrogen and oxygen atoms in total. The standard InChI is InChI=1S/C18H13Br2F/c1-11-9-10-12-5-2-3-6-13(12)16(11)18(20)17-14(19)7-4-8-15(17)21/h2-10,18H,1H3. The summed E-state index contributed by atoms with van der Waals surface area (Å²) in [4.78, 5) is -0.195. The summed E-state index contributed by atoms with van der Waals surface area (Å²) in [6.45, 7) is 2.06. The zero-order valence-corrected chi connectivity index (χ0v) is 14.6. The van der Waals surface area contributed by atoms with E-state index in [1.54, 1.807) is 6.07 Å². The maximum atomic E-state index is 14.3. The number of halogens is 3. The highest BCUT2D eigenvalue weighted by molar-refractivity contribution is 9.11. The maximum Gasteiger partial charge on any atom is 0.129 e. The van der Waals surface area contributed by atoms with Crippen LogP contribution in [0.2, 0.25) is 0 Å². The molecule has 0 radical (unpaired) electrons. The van der Waals surface area contributed by atoms with Gasteiger partial charge in [-0.15, -0.1) is 0 Å². The molecule has 0 heterocycles. The molecule has 0 aliphatic heterocycles.